The molecular formula is C30H33N3O5S. The molecule has 0 radical (unpaired) electrons. The number of amides is 1. The van der Waals surface area contributed by atoms with Crippen molar-refractivity contribution in [3.8, 4) is 5.75 Å². The van der Waals surface area contributed by atoms with E-state index in [9.17, 15) is 13.2 Å². The van der Waals surface area contributed by atoms with Crippen LogP contribution in [0.1, 0.15) is 32.7 Å². The third-order valence-corrected chi connectivity index (χ3v) is 8.09. The number of hydrogen-bond acceptors (Lipinski definition) is 6. The molecule has 0 spiro atoms. The molecule has 0 saturated heterocycles. The van der Waals surface area contributed by atoms with Gasteiger partial charge in [-0.15, -0.1) is 0 Å². The van der Waals surface area contributed by atoms with E-state index in [2.05, 4.69) is 4.98 Å². The number of sulfone groups is 1. The Bertz CT molecular complexity index is 1500. The number of carbonyl (C=O) groups excluding carboxylic acids is 1. The van der Waals surface area contributed by atoms with Crippen LogP contribution in [0.25, 0.3) is 0 Å². The summed E-state index contributed by atoms with van der Waals surface area (Å²) in [5, 5.41) is -0.0202. The van der Waals surface area contributed by atoms with Gasteiger partial charge in [-0.2, -0.15) is 0 Å². The minimum Gasteiger partial charge on any atom is -0.497 e. The summed E-state index contributed by atoms with van der Waals surface area (Å²) in [5.74, 6) is 0.286. The quantitative estimate of drug-likeness (QED) is 0.259. The van der Waals surface area contributed by atoms with Gasteiger partial charge in [0.05, 0.1) is 44.4 Å². The van der Waals surface area contributed by atoms with Gasteiger partial charge in [-0.3, -0.25) is 4.79 Å². The predicted molar refractivity (Wildman–Crippen MR) is 149 cm³/mol. The van der Waals surface area contributed by atoms with Crippen LogP contribution in [0.15, 0.2) is 90.2 Å². The van der Waals surface area contributed by atoms with E-state index in [1.54, 1.807) is 54.1 Å². The van der Waals surface area contributed by atoms with E-state index in [1.807, 2.05) is 61.5 Å². The van der Waals surface area contributed by atoms with Crippen molar-refractivity contribution in [3.05, 3.63) is 113 Å². The number of carbonyl (C=O) groups is 1. The van der Waals surface area contributed by atoms with E-state index < -0.39 is 9.84 Å². The second-order valence-electron chi connectivity index (χ2n) is 9.24. The average molecular weight is 548 g/mol. The lowest BCUT2D eigenvalue weighted by Crippen LogP contribution is -2.34. The standard InChI is InChI=1S/C30H33N3O5S/c1-23-9-7-8-12-26(23)22-39(35,36)30-31-19-27(33(30)20-24-10-5-4-6-11-24)21-32(17-18-37-2)29(34)25-13-15-28(38-3)16-14-25/h4-16,19H,17-18,20-22H2,1-3H3. The molecule has 1 aromatic heterocycles. The van der Waals surface area contributed by atoms with Crippen LogP contribution in [0.2, 0.25) is 0 Å². The molecule has 8 nitrogen and oxygen atoms in total. The highest BCUT2D eigenvalue weighted by Gasteiger charge is 2.26. The normalized spacial score (nSPS) is 11.4. The maximum Gasteiger partial charge on any atom is 0.254 e. The maximum atomic E-state index is 13.7. The van der Waals surface area contributed by atoms with Crippen LogP contribution in [0.5, 0.6) is 5.75 Å². The predicted octanol–water partition coefficient (Wildman–Crippen LogP) is 4.51. The molecule has 1 amide bonds. The van der Waals surface area contributed by atoms with Gasteiger partial charge in [-0.05, 0) is 47.9 Å². The summed E-state index contributed by atoms with van der Waals surface area (Å²) in [5.41, 5.74) is 3.66. The third-order valence-electron chi connectivity index (χ3n) is 6.51. The molecule has 4 rings (SSSR count). The van der Waals surface area contributed by atoms with Gasteiger partial charge < -0.3 is 18.9 Å². The molecule has 0 saturated carbocycles. The fourth-order valence-electron chi connectivity index (χ4n) is 4.31. The summed E-state index contributed by atoms with van der Waals surface area (Å²) in [6.45, 7) is 3.00. The van der Waals surface area contributed by atoms with Crippen molar-refractivity contribution in [1.29, 1.82) is 0 Å². The third kappa shape index (κ3) is 6.93. The molecule has 3 aromatic carbocycles. The van der Waals surface area contributed by atoms with Crippen LogP contribution in [-0.4, -0.2) is 56.1 Å². The summed E-state index contributed by atoms with van der Waals surface area (Å²) in [6, 6.07) is 23.9. The highest BCUT2D eigenvalue weighted by molar-refractivity contribution is 7.90. The Balaban J connectivity index is 1.71. The summed E-state index contributed by atoms with van der Waals surface area (Å²) in [4.78, 5) is 19.5. The molecule has 0 bridgehead atoms. The second-order valence-corrected chi connectivity index (χ2v) is 11.1. The van der Waals surface area contributed by atoms with Gasteiger partial charge in [0.2, 0.25) is 15.0 Å². The monoisotopic (exact) mass is 547 g/mol. The van der Waals surface area contributed by atoms with Crippen molar-refractivity contribution in [2.24, 2.45) is 0 Å². The topological polar surface area (TPSA) is 90.7 Å². The van der Waals surface area contributed by atoms with E-state index in [1.165, 1.54) is 0 Å². The first-order chi connectivity index (χ1) is 18.8. The van der Waals surface area contributed by atoms with Crippen molar-refractivity contribution in [2.75, 3.05) is 27.4 Å². The minimum absolute atomic E-state index is 0.0202. The number of benzene rings is 3. The number of rotatable bonds is 12. The highest BCUT2D eigenvalue weighted by atomic mass is 32.2. The van der Waals surface area contributed by atoms with Crippen LogP contribution < -0.4 is 4.74 Å². The molecule has 0 aliphatic heterocycles. The number of methoxy groups -OCH3 is 2. The molecule has 204 valence electrons. The zero-order valence-electron chi connectivity index (χ0n) is 22.4. The highest BCUT2D eigenvalue weighted by Crippen LogP contribution is 2.22. The number of ether oxygens (including phenoxy) is 2. The molecule has 4 aromatic rings. The number of nitrogens with zero attached hydrogens (tertiary/aromatic N) is 3. The number of aryl methyl sites for hydroxylation is 1. The average Bonchev–Trinajstić information content (AvgIpc) is 3.35. The summed E-state index contributed by atoms with van der Waals surface area (Å²) in [7, 11) is -0.644. The molecule has 0 unspecified atom stereocenters. The number of imidazole rings is 1. The Labute approximate surface area is 229 Å². The summed E-state index contributed by atoms with van der Waals surface area (Å²) >= 11 is 0. The smallest absolute Gasteiger partial charge is 0.254 e. The first-order valence-electron chi connectivity index (χ1n) is 12.6. The van der Waals surface area contributed by atoms with Gasteiger partial charge >= 0.3 is 0 Å². The Kier molecular flexibility index (Phi) is 9.16. The first kappa shape index (κ1) is 28.1. The fraction of sp³-hybridized carbons (Fsp3) is 0.267. The zero-order valence-corrected chi connectivity index (χ0v) is 23.2. The molecule has 0 aliphatic rings. The molecule has 9 heteroatoms. The van der Waals surface area contributed by atoms with Crippen LogP contribution in [0, 0.1) is 6.92 Å². The van der Waals surface area contributed by atoms with Gasteiger partial charge in [0.1, 0.15) is 5.75 Å². The minimum atomic E-state index is -3.79. The van der Waals surface area contributed by atoms with Crippen LogP contribution >= 0.6 is 0 Å². The van der Waals surface area contributed by atoms with E-state index >= 15 is 0 Å². The molecule has 39 heavy (non-hydrogen) atoms. The Morgan fingerprint density at radius 1 is 0.949 bits per heavy atom. The largest absolute Gasteiger partial charge is 0.497 e. The lowest BCUT2D eigenvalue weighted by atomic mass is 10.1. The molecule has 0 N–H and O–H groups in total. The van der Waals surface area contributed by atoms with Crippen LogP contribution in [0.3, 0.4) is 0 Å². The van der Waals surface area contributed by atoms with Crippen molar-refractivity contribution in [2.45, 2.75) is 30.9 Å². The fourth-order valence-corrected chi connectivity index (χ4v) is 5.90. The van der Waals surface area contributed by atoms with Crippen molar-refractivity contribution < 1.29 is 22.7 Å². The van der Waals surface area contributed by atoms with Crippen molar-refractivity contribution in [1.82, 2.24) is 14.5 Å². The maximum absolute atomic E-state index is 13.7. The van der Waals surface area contributed by atoms with E-state index in [4.69, 9.17) is 9.47 Å². The lowest BCUT2D eigenvalue weighted by molar-refractivity contribution is 0.0675. The number of aromatic nitrogens is 2. The van der Waals surface area contributed by atoms with Gasteiger partial charge in [0, 0.05) is 19.2 Å². The molecule has 0 aliphatic carbocycles. The van der Waals surface area contributed by atoms with Gasteiger partial charge in [0.15, 0.2) is 0 Å². The Morgan fingerprint density at radius 2 is 1.64 bits per heavy atom. The number of hydrogen-bond donors (Lipinski definition) is 0. The lowest BCUT2D eigenvalue weighted by Gasteiger charge is -2.24. The molecule has 1 heterocycles. The van der Waals surface area contributed by atoms with Crippen LogP contribution in [-0.2, 0) is 33.4 Å². The van der Waals surface area contributed by atoms with Gasteiger partial charge in [0.25, 0.3) is 5.91 Å². The van der Waals surface area contributed by atoms with E-state index in [0.29, 0.717) is 36.7 Å². The van der Waals surface area contributed by atoms with Crippen molar-refractivity contribution in [3.63, 3.8) is 0 Å². The Hall–Kier alpha value is -3.95. The first-order valence-corrected chi connectivity index (χ1v) is 14.3. The van der Waals surface area contributed by atoms with Gasteiger partial charge in [-0.1, -0.05) is 54.6 Å². The second kappa shape index (κ2) is 12.7. The zero-order chi connectivity index (χ0) is 27.8. The molecular weight excluding hydrogens is 514 g/mol. The van der Waals surface area contributed by atoms with Gasteiger partial charge in [-0.25, -0.2) is 13.4 Å². The SMILES string of the molecule is COCCN(Cc1cnc(S(=O)(=O)Cc2ccccc2C)n1Cc1ccccc1)C(=O)c1ccc(OC)cc1. The van der Waals surface area contributed by atoms with Crippen LogP contribution in [0.4, 0.5) is 0 Å². The molecule has 0 fully saturated rings. The molecule has 0 atom stereocenters. The Morgan fingerprint density at radius 3 is 2.31 bits per heavy atom. The summed E-state index contributed by atoms with van der Waals surface area (Å²) < 4.78 is 39.5. The van der Waals surface area contributed by atoms with Crippen molar-refractivity contribution >= 4 is 15.7 Å². The van der Waals surface area contributed by atoms with E-state index in [0.717, 1.165) is 16.7 Å². The van der Waals surface area contributed by atoms with E-state index in [-0.39, 0.29) is 23.4 Å². The summed E-state index contributed by atoms with van der Waals surface area (Å²) in [6.07, 6.45) is 1.55.